The molecule has 2 aromatic carbocycles. The zero-order valence-electron chi connectivity index (χ0n) is 10.5. The summed E-state index contributed by atoms with van der Waals surface area (Å²) in [7, 11) is 1.57. The Hall–Kier alpha value is -1.14. The normalized spacial score (nSPS) is 10.4. The van der Waals surface area contributed by atoms with Gasteiger partial charge in [-0.3, -0.25) is 0 Å². The molecule has 0 aliphatic heterocycles. The fraction of sp³-hybridized carbons (Fsp3) is 0.143. The molecule has 0 radical (unpaired) electrons. The molecule has 0 atom stereocenters. The molecule has 0 heterocycles. The zero-order valence-corrected chi connectivity index (χ0v) is 13.7. The number of anilines is 1. The number of nitrogens with one attached hydrogen (secondary N) is 1. The van der Waals surface area contributed by atoms with Gasteiger partial charge >= 0.3 is 0 Å². The number of rotatable bonds is 4. The lowest BCUT2D eigenvalue weighted by Crippen LogP contribution is -2.04. The maximum atomic E-state index is 13.7. The van der Waals surface area contributed by atoms with Crippen molar-refractivity contribution in [2.24, 2.45) is 0 Å². The standard InChI is InChI=1S/C14H11Br2F2NO/c1-20-13-3-2-9(15)4-8(13)7-19-14-11(16)5-10(17)6-12(14)18/h2-6,19H,7H2,1H3. The van der Waals surface area contributed by atoms with Gasteiger partial charge in [0.25, 0.3) is 0 Å². The van der Waals surface area contributed by atoms with Crippen molar-refractivity contribution >= 4 is 37.5 Å². The van der Waals surface area contributed by atoms with Crippen LogP contribution in [0.5, 0.6) is 5.75 Å². The highest BCUT2D eigenvalue weighted by atomic mass is 79.9. The quantitative estimate of drug-likeness (QED) is 0.761. The molecule has 1 N–H and O–H groups in total. The Labute approximate surface area is 132 Å². The molecule has 0 saturated heterocycles. The van der Waals surface area contributed by atoms with Gasteiger partial charge in [-0.2, -0.15) is 0 Å². The Kier molecular flexibility index (Phi) is 4.99. The number of ether oxygens (including phenoxy) is 1. The predicted molar refractivity (Wildman–Crippen MR) is 82.1 cm³/mol. The van der Waals surface area contributed by atoms with Crippen LogP contribution >= 0.6 is 31.9 Å². The van der Waals surface area contributed by atoms with Crippen LogP contribution in [0.25, 0.3) is 0 Å². The lowest BCUT2D eigenvalue weighted by atomic mass is 10.2. The summed E-state index contributed by atoms with van der Waals surface area (Å²) >= 11 is 6.51. The van der Waals surface area contributed by atoms with Crippen molar-refractivity contribution in [1.82, 2.24) is 0 Å². The predicted octanol–water partition coefficient (Wildman–Crippen LogP) is 5.11. The maximum Gasteiger partial charge on any atom is 0.150 e. The summed E-state index contributed by atoms with van der Waals surface area (Å²) in [4.78, 5) is 0. The number of hydrogen-bond acceptors (Lipinski definition) is 2. The van der Waals surface area contributed by atoms with Crippen LogP contribution in [0, 0.1) is 11.6 Å². The molecule has 6 heteroatoms. The molecule has 0 amide bonds. The number of benzene rings is 2. The van der Waals surface area contributed by atoms with Gasteiger partial charge in [0, 0.05) is 27.1 Å². The zero-order chi connectivity index (χ0) is 14.7. The van der Waals surface area contributed by atoms with E-state index in [-0.39, 0.29) is 5.69 Å². The highest BCUT2D eigenvalue weighted by molar-refractivity contribution is 9.10. The number of hydrogen-bond donors (Lipinski definition) is 1. The molecule has 2 aromatic rings. The lowest BCUT2D eigenvalue weighted by molar-refractivity contribution is 0.410. The Morgan fingerprint density at radius 2 is 1.90 bits per heavy atom. The summed E-state index contributed by atoms with van der Waals surface area (Å²) < 4.78 is 33.2. The van der Waals surface area contributed by atoms with Crippen molar-refractivity contribution in [3.05, 3.63) is 56.5 Å². The van der Waals surface area contributed by atoms with Crippen LogP contribution in [-0.2, 0) is 6.54 Å². The topological polar surface area (TPSA) is 21.3 Å². The molecule has 2 rings (SSSR count). The first-order chi connectivity index (χ1) is 9.51. The molecular weight excluding hydrogens is 396 g/mol. The maximum absolute atomic E-state index is 13.7. The van der Waals surface area contributed by atoms with E-state index >= 15 is 0 Å². The van der Waals surface area contributed by atoms with Crippen molar-refractivity contribution in [3.8, 4) is 5.75 Å². The SMILES string of the molecule is COc1ccc(Br)cc1CNc1c(F)cc(F)cc1Br. The fourth-order valence-corrected chi connectivity index (χ4v) is 2.74. The van der Waals surface area contributed by atoms with Gasteiger partial charge in [-0.25, -0.2) is 8.78 Å². The van der Waals surface area contributed by atoms with Gasteiger partial charge in [-0.1, -0.05) is 15.9 Å². The first-order valence-corrected chi connectivity index (χ1v) is 7.30. The van der Waals surface area contributed by atoms with Crippen LogP contribution in [-0.4, -0.2) is 7.11 Å². The highest BCUT2D eigenvalue weighted by Gasteiger charge is 2.11. The molecule has 0 spiro atoms. The minimum atomic E-state index is -0.647. The van der Waals surface area contributed by atoms with Crippen LogP contribution in [0.2, 0.25) is 0 Å². The van der Waals surface area contributed by atoms with Crippen LogP contribution < -0.4 is 10.1 Å². The van der Waals surface area contributed by atoms with E-state index in [4.69, 9.17) is 4.74 Å². The average Bonchev–Trinajstić information content (AvgIpc) is 2.37. The van der Waals surface area contributed by atoms with E-state index in [9.17, 15) is 8.78 Å². The molecule has 0 aromatic heterocycles. The number of methoxy groups -OCH3 is 1. The smallest absolute Gasteiger partial charge is 0.150 e. The average molecular weight is 407 g/mol. The summed E-state index contributed by atoms with van der Waals surface area (Å²) in [6.45, 7) is 0.351. The highest BCUT2D eigenvalue weighted by Crippen LogP contribution is 2.29. The third-order valence-corrected chi connectivity index (χ3v) is 3.82. The first kappa shape index (κ1) is 15.3. The van der Waals surface area contributed by atoms with Crippen molar-refractivity contribution in [3.63, 3.8) is 0 Å². The summed E-state index contributed by atoms with van der Waals surface area (Å²) in [5.74, 6) is -0.579. The molecule has 0 unspecified atom stereocenters. The molecule has 0 fully saturated rings. The summed E-state index contributed by atoms with van der Waals surface area (Å²) in [6.07, 6.45) is 0. The second-order valence-electron chi connectivity index (χ2n) is 4.05. The molecule has 0 saturated carbocycles. The molecule has 0 aliphatic carbocycles. The minimum absolute atomic E-state index is 0.216. The Morgan fingerprint density at radius 3 is 2.55 bits per heavy atom. The van der Waals surface area contributed by atoms with Gasteiger partial charge < -0.3 is 10.1 Å². The second kappa shape index (κ2) is 6.54. The van der Waals surface area contributed by atoms with Crippen molar-refractivity contribution < 1.29 is 13.5 Å². The Morgan fingerprint density at radius 1 is 1.15 bits per heavy atom. The third kappa shape index (κ3) is 3.49. The number of halogens is 4. The van der Waals surface area contributed by atoms with E-state index in [1.54, 1.807) is 7.11 Å². The van der Waals surface area contributed by atoms with Crippen LogP contribution in [0.1, 0.15) is 5.56 Å². The van der Waals surface area contributed by atoms with Crippen molar-refractivity contribution in [2.75, 3.05) is 12.4 Å². The van der Waals surface area contributed by atoms with Crippen molar-refractivity contribution in [1.29, 1.82) is 0 Å². The van der Waals surface area contributed by atoms with Gasteiger partial charge in [0.15, 0.2) is 0 Å². The lowest BCUT2D eigenvalue weighted by Gasteiger charge is -2.13. The van der Waals surface area contributed by atoms with E-state index < -0.39 is 11.6 Å². The third-order valence-electron chi connectivity index (χ3n) is 2.70. The van der Waals surface area contributed by atoms with Crippen LogP contribution in [0.4, 0.5) is 14.5 Å². The van der Waals surface area contributed by atoms with E-state index in [1.165, 1.54) is 6.07 Å². The van der Waals surface area contributed by atoms with Crippen LogP contribution in [0.15, 0.2) is 39.3 Å². The van der Waals surface area contributed by atoms with Gasteiger partial charge in [0.1, 0.15) is 17.4 Å². The summed E-state index contributed by atoms with van der Waals surface area (Å²) in [5.41, 5.74) is 1.07. The van der Waals surface area contributed by atoms with Crippen LogP contribution in [0.3, 0.4) is 0 Å². The van der Waals surface area contributed by atoms with E-state index in [2.05, 4.69) is 37.2 Å². The summed E-state index contributed by atoms with van der Waals surface area (Å²) in [6, 6.07) is 7.60. The first-order valence-electron chi connectivity index (χ1n) is 5.72. The molecular formula is C14H11Br2F2NO. The molecule has 20 heavy (non-hydrogen) atoms. The van der Waals surface area contributed by atoms with Gasteiger partial charge in [0.05, 0.1) is 12.8 Å². The van der Waals surface area contributed by atoms with Gasteiger partial charge in [-0.05, 0) is 40.2 Å². The molecule has 0 aliphatic rings. The monoisotopic (exact) mass is 405 g/mol. The van der Waals surface area contributed by atoms with Crippen molar-refractivity contribution in [2.45, 2.75) is 6.54 Å². The molecule has 0 bridgehead atoms. The van der Waals surface area contributed by atoms with E-state index in [1.807, 2.05) is 18.2 Å². The largest absolute Gasteiger partial charge is 0.496 e. The van der Waals surface area contributed by atoms with Gasteiger partial charge in [-0.15, -0.1) is 0 Å². The Bertz CT molecular complexity index is 612. The molecule has 106 valence electrons. The van der Waals surface area contributed by atoms with E-state index in [0.717, 1.165) is 16.1 Å². The Balaban J connectivity index is 2.23. The minimum Gasteiger partial charge on any atom is -0.496 e. The van der Waals surface area contributed by atoms with E-state index in [0.29, 0.717) is 16.8 Å². The van der Waals surface area contributed by atoms with Gasteiger partial charge in [0.2, 0.25) is 0 Å². The summed E-state index contributed by atoms with van der Waals surface area (Å²) in [5, 5.41) is 2.94. The molecule has 2 nitrogen and oxygen atoms in total. The second-order valence-corrected chi connectivity index (χ2v) is 5.82. The fourth-order valence-electron chi connectivity index (χ4n) is 1.78.